The molecule has 0 saturated heterocycles. The second-order valence-corrected chi connectivity index (χ2v) is 6.66. The van der Waals surface area contributed by atoms with Gasteiger partial charge in [0.1, 0.15) is 0 Å². The molecule has 0 aromatic rings. The molecule has 4 unspecified atom stereocenters. The van der Waals surface area contributed by atoms with Gasteiger partial charge in [0.25, 0.3) is 0 Å². The van der Waals surface area contributed by atoms with Gasteiger partial charge >= 0.3 is 0 Å². The van der Waals surface area contributed by atoms with Gasteiger partial charge in [-0.1, -0.05) is 40.0 Å². The molecular formula is C15H28O. The summed E-state index contributed by atoms with van der Waals surface area (Å²) >= 11 is 0. The molecule has 0 radical (unpaired) electrons. The van der Waals surface area contributed by atoms with Gasteiger partial charge in [0.05, 0.1) is 0 Å². The summed E-state index contributed by atoms with van der Waals surface area (Å²) < 4.78 is 0. The first-order valence-electron chi connectivity index (χ1n) is 7.20. The smallest absolute Gasteiger partial charge is 0.0433 e. The third-order valence-corrected chi connectivity index (χ3v) is 5.82. The number of hydrogen-bond donors (Lipinski definition) is 1. The molecule has 16 heavy (non-hydrogen) atoms. The van der Waals surface area contributed by atoms with E-state index in [1.807, 2.05) is 0 Å². The van der Waals surface area contributed by atoms with Crippen LogP contribution in [0.5, 0.6) is 0 Å². The van der Waals surface area contributed by atoms with Gasteiger partial charge in [0.15, 0.2) is 0 Å². The third kappa shape index (κ3) is 1.92. The highest BCUT2D eigenvalue weighted by Gasteiger charge is 2.49. The van der Waals surface area contributed by atoms with E-state index < -0.39 is 0 Å². The number of hydrogen-bond acceptors (Lipinski definition) is 1. The topological polar surface area (TPSA) is 20.2 Å². The lowest BCUT2D eigenvalue weighted by Crippen LogP contribution is -2.47. The lowest BCUT2D eigenvalue weighted by molar-refractivity contribution is -0.0644. The minimum atomic E-state index is 0.381. The largest absolute Gasteiger partial charge is 0.396 e. The van der Waals surface area contributed by atoms with Crippen molar-refractivity contribution in [3.8, 4) is 0 Å². The highest BCUT2D eigenvalue weighted by molar-refractivity contribution is 4.98. The normalized spacial score (nSPS) is 48.8. The molecule has 2 rings (SSSR count). The Hall–Kier alpha value is -0.0400. The van der Waals surface area contributed by atoms with Gasteiger partial charge in [-0.25, -0.2) is 0 Å². The summed E-state index contributed by atoms with van der Waals surface area (Å²) in [4.78, 5) is 0. The second kappa shape index (κ2) is 4.68. The molecule has 94 valence electrons. The maximum Gasteiger partial charge on any atom is 0.0433 e. The first kappa shape index (κ1) is 12.4. The van der Waals surface area contributed by atoms with Crippen molar-refractivity contribution < 1.29 is 5.11 Å². The Morgan fingerprint density at radius 1 is 1.12 bits per heavy atom. The molecule has 0 aromatic heterocycles. The Bertz CT molecular complexity index is 238. The lowest BCUT2D eigenvalue weighted by atomic mass is 9.50. The molecule has 0 aliphatic heterocycles. The molecule has 5 atom stereocenters. The van der Waals surface area contributed by atoms with Gasteiger partial charge in [-0.15, -0.1) is 0 Å². The van der Waals surface area contributed by atoms with Crippen LogP contribution in [0.3, 0.4) is 0 Å². The van der Waals surface area contributed by atoms with Crippen molar-refractivity contribution in [1.29, 1.82) is 0 Å². The lowest BCUT2D eigenvalue weighted by Gasteiger charge is -2.55. The quantitative estimate of drug-likeness (QED) is 0.755. The van der Waals surface area contributed by atoms with Crippen molar-refractivity contribution >= 4 is 0 Å². The van der Waals surface area contributed by atoms with Gasteiger partial charge in [0.2, 0.25) is 0 Å². The average molecular weight is 224 g/mol. The maximum absolute atomic E-state index is 9.31. The minimum Gasteiger partial charge on any atom is -0.396 e. The molecule has 0 amide bonds. The zero-order valence-corrected chi connectivity index (χ0v) is 11.2. The Kier molecular flexibility index (Phi) is 3.63. The predicted octanol–water partition coefficient (Wildman–Crippen LogP) is 3.86. The zero-order valence-electron chi connectivity index (χ0n) is 11.2. The standard InChI is InChI=1S/C15H28O/c1-11-5-4-9-15(3)13(11)7-6-12(2)14(15)8-10-16/h11-14,16H,4-10H2,1-3H3/t11?,12?,13?,14-,15?/m0/s1. The summed E-state index contributed by atoms with van der Waals surface area (Å²) in [6.07, 6.45) is 8.08. The van der Waals surface area contributed by atoms with Crippen LogP contribution in [0.25, 0.3) is 0 Å². The van der Waals surface area contributed by atoms with Crippen LogP contribution in [0, 0.1) is 29.1 Å². The van der Waals surface area contributed by atoms with E-state index in [1.165, 1.54) is 32.1 Å². The molecule has 0 spiro atoms. The molecule has 2 saturated carbocycles. The van der Waals surface area contributed by atoms with E-state index in [0.29, 0.717) is 12.0 Å². The van der Waals surface area contributed by atoms with E-state index in [-0.39, 0.29) is 0 Å². The van der Waals surface area contributed by atoms with Gasteiger partial charge in [-0.05, 0) is 48.3 Å². The molecular weight excluding hydrogens is 196 g/mol. The summed E-state index contributed by atoms with van der Waals surface area (Å²) in [5.74, 6) is 3.42. The molecule has 2 fully saturated rings. The molecule has 2 aliphatic rings. The Labute approximate surface area is 101 Å². The second-order valence-electron chi connectivity index (χ2n) is 6.66. The van der Waals surface area contributed by atoms with Crippen molar-refractivity contribution in [3.63, 3.8) is 0 Å². The van der Waals surface area contributed by atoms with Gasteiger partial charge in [-0.2, -0.15) is 0 Å². The number of aliphatic hydroxyl groups excluding tert-OH is 1. The number of rotatable bonds is 2. The van der Waals surface area contributed by atoms with Crippen LogP contribution < -0.4 is 0 Å². The molecule has 0 heterocycles. The van der Waals surface area contributed by atoms with Crippen LogP contribution in [0.2, 0.25) is 0 Å². The fourth-order valence-electron chi connectivity index (χ4n) is 4.96. The molecule has 0 bridgehead atoms. The molecule has 1 heteroatoms. The fourth-order valence-corrected chi connectivity index (χ4v) is 4.96. The molecule has 1 nitrogen and oxygen atoms in total. The monoisotopic (exact) mass is 224 g/mol. The highest BCUT2D eigenvalue weighted by atomic mass is 16.3. The molecule has 1 N–H and O–H groups in total. The Morgan fingerprint density at radius 2 is 1.88 bits per heavy atom. The van der Waals surface area contributed by atoms with Crippen molar-refractivity contribution in [2.45, 2.75) is 59.3 Å². The molecule has 0 aromatic carbocycles. The van der Waals surface area contributed by atoms with E-state index in [9.17, 15) is 5.11 Å². The minimum absolute atomic E-state index is 0.381. The maximum atomic E-state index is 9.31. The van der Waals surface area contributed by atoms with E-state index in [1.54, 1.807) is 0 Å². The van der Waals surface area contributed by atoms with Crippen LogP contribution in [0.15, 0.2) is 0 Å². The van der Waals surface area contributed by atoms with Crippen LogP contribution in [-0.2, 0) is 0 Å². The van der Waals surface area contributed by atoms with Gasteiger partial charge in [-0.3, -0.25) is 0 Å². The summed E-state index contributed by atoms with van der Waals surface area (Å²) in [6.45, 7) is 7.75. The van der Waals surface area contributed by atoms with Crippen LogP contribution >= 0.6 is 0 Å². The summed E-state index contributed by atoms with van der Waals surface area (Å²) in [6, 6.07) is 0. The van der Waals surface area contributed by atoms with Crippen molar-refractivity contribution in [2.24, 2.45) is 29.1 Å². The van der Waals surface area contributed by atoms with Crippen molar-refractivity contribution in [2.75, 3.05) is 6.61 Å². The first-order chi connectivity index (χ1) is 7.59. The zero-order chi connectivity index (χ0) is 11.8. The predicted molar refractivity (Wildman–Crippen MR) is 68.2 cm³/mol. The third-order valence-electron chi connectivity index (χ3n) is 5.82. The molecule has 2 aliphatic carbocycles. The SMILES string of the molecule is CC1CCCC2(C)C1CCC(C)[C@@H]2CCO. The van der Waals surface area contributed by atoms with Crippen LogP contribution in [0.4, 0.5) is 0 Å². The summed E-state index contributed by atoms with van der Waals surface area (Å²) in [5, 5.41) is 9.31. The van der Waals surface area contributed by atoms with Crippen LogP contribution in [0.1, 0.15) is 59.3 Å². The first-order valence-corrected chi connectivity index (χ1v) is 7.20. The van der Waals surface area contributed by atoms with Crippen LogP contribution in [-0.4, -0.2) is 11.7 Å². The number of aliphatic hydroxyl groups is 1. The van der Waals surface area contributed by atoms with E-state index in [4.69, 9.17) is 0 Å². The Balaban J connectivity index is 2.21. The van der Waals surface area contributed by atoms with Gasteiger partial charge < -0.3 is 5.11 Å². The highest BCUT2D eigenvalue weighted by Crippen LogP contribution is 2.57. The number of fused-ring (bicyclic) bond motifs is 1. The Morgan fingerprint density at radius 3 is 2.56 bits per heavy atom. The van der Waals surface area contributed by atoms with Crippen molar-refractivity contribution in [3.05, 3.63) is 0 Å². The van der Waals surface area contributed by atoms with Crippen molar-refractivity contribution in [1.82, 2.24) is 0 Å². The van der Waals surface area contributed by atoms with Gasteiger partial charge in [0, 0.05) is 6.61 Å². The van der Waals surface area contributed by atoms with E-state index in [0.717, 1.165) is 30.1 Å². The summed E-state index contributed by atoms with van der Waals surface area (Å²) in [7, 11) is 0. The fraction of sp³-hybridized carbons (Fsp3) is 1.00. The average Bonchev–Trinajstić information content (AvgIpc) is 2.23. The van der Waals surface area contributed by atoms with E-state index >= 15 is 0 Å². The van der Waals surface area contributed by atoms with E-state index in [2.05, 4.69) is 20.8 Å². The summed E-state index contributed by atoms with van der Waals surface area (Å²) in [5.41, 5.74) is 0.526.